The number of hydrogen-bond acceptors (Lipinski definition) is 5. The van der Waals surface area contributed by atoms with Crippen LogP contribution in [0.5, 0.6) is 0 Å². The minimum atomic E-state index is -4.65. The quantitative estimate of drug-likeness (QED) is 0.316. The Morgan fingerprint density at radius 2 is 1.69 bits per heavy atom. The van der Waals surface area contributed by atoms with E-state index in [1.54, 1.807) is 6.92 Å². The van der Waals surface area contributed by atoms with Crippen LogP contribution < -0.4 is 27.0 Å². The van der Waals surface area contributed by atoms with Crippen molar-refractivity contribution < 1.29 is 27.6 Å². The summed E-state index contributed by atoms with van der Waals surface area (Å²) in [4.78, 5) is 37.7. The molecule has 36 heavy (non-hydrogen) atoms. The summed E-state index contributed by atoms with van der Waals surface area (Å²) < 4.78 is 38.9. The number of alkyl halides is 3. The predicted octanol–water partition coefficient (Wildman–Crippen LogP) is 2.44. The van der Waals surface area contributed by atoms with Gasteiger partial charge in [0.15, 0.2) is 0 Å². The zero-order chi connectivity index (χ0) is 27.1. The first-order chi connectivity index (χ1) is 16.8. The first-order valence-electron chi connectivity index (χ1n) is 11.4. The van der Waals surface area contributed by atoms with Gasteiger partial charge in [-0.15, -0.1) is 0 Å². The largest absolute Gasteiger partial charge is 0.416 e. The number of anilines is 1. The van der Waals surface area contributed by atoms with E-state index < -0.39 is 47.1 Å². The van der Waals surface area contributed by atoms with Crippen molar-refractivity contribution in [2.75, 3.05) is 25.4 Å². The second kappa shape index (κ2) is 11.9. The SMILES string of the molecule is CCNC(=O)C(C)(CNCc1ccc(C)cc1C)NC(=O)CNC(=O)c1cc(C(F)(F)F)ccc1N. The normalized spacial score (nSPS) is 13.0. The van der Waals surface area contributed by atoms with Gasteiger partial charge in [0.05, 0.1) is 17.7 Å². The number of rotatable bonds is 10. The van der Waals surface area contributed by atoms with Gasteiger partial charge in [-0.1, -0.05) is 23.8 Å². The van der Waals surface area contributed by atoms with Crippen molar-refractivity contribution in [3.63, 3.8) is 0 Å². The van der Waals surface area contributed by atoms with Gasteiger partial charge >= 0.3 is 6.18 Å². The topological polar surface area (TPSA) is 125 Å². The molecule has 2 aromatic rings. The van der Waals surface area contributed by atoms with Gasteiger partial charge in [0.1, 0.15) is 5.54 Å². The van der Waals surface area contributed by atoms with Crippen molar-refractivity contribution >= 4 is 23.4 Å². The van der Waals surface area contributed by atoms with Crippen LogP contribution >= 0.6 is 0 Å². The van der Waals surface area contributed by atoms with Gasteiger partial charge in [-0.25, -0.2) is 0 Å². The highest BCUT2D eigenvalue weighted by Gasteiger charge is 2.35. The average Bonchev–Trinajstić information content (AvgIpc) is 2.78. The van der Waals surface area contributed by atoms with E-state index in [2.05, 4.69) is 21.3 Å². The Hall–Kier alpha value is -3.60. The average molecular weight is 508 g/mol. The molecular weight excluding hydrogens is 475 g/mol. The first-order valence-corrected chi connectivity index (χ1v) is 11.4. The highest BCUT2D eigenvalue weighted by Crippen LogP contribution is 2.31. The van der Waals surface area contributed by atoms with Crippen molar-refractivity contribution in [2.24, 2.45) is 0 Å². The summed E-state index contributed by atoms with van der Waals surface area (Å²) in [5.74, 6) is -2.07. The van der Waals surface area contributed by atoms with Crippen molar-refractivity contribution in [1.82, 2.24) is 21.3 Å². The highest BCUT2D eigenvalue weighted by atomic mass is 19.4. The number of nitrogen functional groups attached to an aromatic ring is 1. The maximum atomic E-state index is 13.0. The summed E-state index contributed by atoms with van der Waals surface area (Å²) in [5.41, 5.74) is 5.94. The molecule has 0 aliphatic heterocycles. The molecule has 2 rings (SSSR count). The van der Waals surface area contributed by atoms with Crippen LogP contribution in [0.4, 0.5) is 18.9 Å². The van der Waals surface area contributed by atoms with Gasteiger partial charge < -0.3 is 27.0 Å². The maximum absolute atomic E-state index is 13.0. The Morgan fingerprint density at radius 1 is 1.00 bits per heavy atom. The molecule has 6 N–H and O–H groups in total. The van der Waals surface area contributed by atoms with E-state index >= 15 is 0 Å². The molecule has 0 bridgehead atoms. The summed E-state index contributed by atoms with van der Waals surface area (Å²) in [5, 5.41) is 10.7. The Labute approximate surface area is 208 Å². The summed E-state index contributed by atoms with van der Waals surface area (Å²) in [6.45, 7) is 7.57. The molecule has 0 saturated carbocycles. The van der Waals surface area contributed by atoms with Crippen LogP contribution in [0, 0.1) is 13.8 Å². The number of nitrogens with two attached hydrogens (primary N) is 1. The van der Waals surface area contributed by atoms with E-state index in [0.717, 1.165) is 28.8 Å². The number of hydrogen-bond donors (Lipinski definition) is 5. The van der Waals surface area contributed by atoms with Gasteiger partial charge in [-0.05, 0) is 57.0 Å². The molecule has 0 aromatic heterocycles. The summed E-state index contributed by atoms with van der Waals surface area (Å²) in [6, 6.07) is 8.37. The van der Waals surface area contributed by atoms with Gasteiger partial charge in [0.25, 0.3) is 5.91 Å². The molecular formula is C25H32F3N5O3. The summed E-state index contributed by atoms with van der Waals surface area (Å²) in [6.07, 6.45) is -4.65. The van der Waals surface area contributed by atoms with E-state index in [1.165, 1.54) is 6.92 Å². The van der Waals surface area contributed by atoms with Crippen LogP contribution in [0.1, 0.15) is 46.5 Å². The highest BCUT2D eigenvalue weighted by molar-refractivity contribution is 6.01. The fraction of sp³-hybridized carbons (Fsp3) is 0.400. The van der Waals surface area contributed by atoms with Crippen molar-refractivity contribution in [3.8, 4) is 0 Å². The van der Waals surface area contributed by atoms with Crippen LogP contribution in [0.25, 0.3) is 0 Å². The number of carbonyl (C=O) groups excluding carboxylic acids is 3. The lowest BCUT2D eigenvalue weighted by Gasteiger charge is -2.30. The summed E-state index contributed by atoms with van der Waals surface area (Å²) in [7, 11) is 0. The number of halogens is 3. The van der Waals surface area contributed by atoms with Crippen LogP contribution in [0.2, 0.25) is 0 Å². The molecule has 0 fully saturated rings. The first kappa shape index (κ1) is 28.6. The van der Waals surface area contributed by atoms with Crippen LogP contribution in [0.3, 0.4) is 0 Å². The smallest absolute Gasteiger partial charge is 0.398 e. The zero-order valence-corrected chi connectivity index (χ0v) is 20.7. The Morgan fingerprint density at radius 3 is 2.31 bits per heavy atom. The third kappa shape index (κ3) is 7.70. The third-order valence-corrected chi connectivity index (χ3v) is 5.58. The monoisotopic (exact) mass is 507 g/mol. The van der Waals surface area contributed by atoms with Crippen molar-refractivity contribution in [3.05, 3.63) is 64.2 Å². The lowest BCUT2D eigenvalue weighted by molar-refractivity contribution is -0.137. The Kier molecular flexibility index (Phi) is 9.46. The molecule has 1 atom stereocenters. The molecule has 2 aromatic carbocycles. The van der Waals surface area contributed by atoms with Gasteiger partial charge in [-0.3, -0.25) is 14.4 Å². The predicted molar refractivity (Wildman–Crippen MR) is 131 cm³/mol. The van der Waals surface area contributed by atoms with Gasteiger partial charge in [0, 0.05) is 25.3 Å². The second-order valence-corrected chi connectivity index (χ2v) is 8.76. The van der Waals surface area contributed by atoms with Crippen LogP contribution in [0.15, 0.2) is 36.4 Å². The number of benzene rings is 2. The van der Waals surface area contributed by atoms with Crippen LogP contribution in [-0.4, -0.2) is 42.9 Å². The minimum Gasteiger partial charge on any atom is -0.398 e. The van der Waals surface area contributed by atoms with Crippen LogP contribution in [-0.2, 0) is 22.3 Å². The number of amides is 3. The van der Waals surface area contributed by atoms with E-state index in [1.807, 2.05) is 32.0 Å². The summed E-state index contributed by atoms with van der Waals surface area (Å²) >= 11 is 0. The molecule has 1 unspecified atom stereocenters. The second-order valence-electron chi connectivity index (χ2n) is 8.76. The Balaban J connectivity index is 2.04. The standard InChI is InChI=1S/C25H32F3N5O3/c1-5-31-23(36)24(4,14-30-12-17-7-6-15(2)10-16(17)3)33-21(34)13-32-22(35)19-11-18(25(26,27)28)8-9-20(19)29/h6-11,30H,5,12-14,29H2,1-4H3,(H,31,36)(H,32,35)(H,33,34). The van der Waals surface area contributed by atoms with E-state index in [-0.39, 0.29) is 12.2 Å². The molecule has 0 saturated heterocycles. The molecule has 0 spiro atoms. The molecule has 8 nitrogen and oxygen atoms in total. The number of likely N-dealkylation sites (N-methyl/N-ethyl adjacent to an activating group) is 1. The van der Waals surface area contributed by atoms with E-state index in [4.69, 9.17) is 5.73 Å². The van der Waals surface area contributed by atoms with Gasteiger partial charge in [0.2, 0.25) is 11.8 Å². The Bertz CT molecular complexity index is 1120. The number of aryl methyl sites for hydroxylation is 2. The number of carbonyl (C=O) groups is 3. The van der Waals surface area contributed by atoms with E-state index in [0.29, 0.717) is 19.2 Å². The fourth-order valence-corrected chi connectivity index (χ4v) is 3.57. The lowest BCUT2D eigenvalue weighted by atomic mass is 10.00. The fourth-order valence-electron chi connectivity index (χ4n) is 3.57. The zero-order valence-electron chi connectivity index (χ0n) is 20.7. The maximum Gasteiger partial charge on any atom is 0.416 e. The van der Waals surface area contributed by atoms with Crippen molar-refractivity contribution in [2.45, 2.75) is 46.0 Å². The lowest BCUT2D eigenvalue weighted by Crippen LogP contribution is -2.62. The van der Waals surface area contributed by atoms with Gasteiger partial charge in [-0.2, -0.15) is 13.2 Å². The van der Waals surface area contributed by atoms with E-state index in [9.17, 15) is 27.6 Å². The molecule has 3 amide bonds. The molecule has 0 heterocycles. The van der Waals surface area contributed by atoms with Crippen molar-refractivity contribution in [1.29, 1.82) is 0 Å². The minimum absolute atomic E-state index is 0.0897. The third-order valence-electron chi connectivity index (χ3n) is 5.58. The molecule has 0 radical (unpaired) electrons. The molecule has 11 heteroatoms. The number of nitrogens with one attached hydrogen (secondary N) is 4. The molecule has 0 aliphatic carbocycles. The molecule has 196 valence electrons. The molecule has 0 aliphatic rings.